The number of rotatable bonds is 5. The first-order valence-corrected chi connectivity index (χ1v) is 8.44. The van der Waals surface area contributed by atoms with Crippen molar-refractivity contribution in [3.8, 4) is 0 Å². The molecule has 2 fully saturated rings. The molecule has 1 N–H and O–H groups in total. The minimum absolute atomic E-state index is 0.224. The van der Waals surface area contributed by atoms with Crippen molar-refractivity contribution < 1.29 is 27.5 Å². The van der Waals surface area contributed by atoms with Gasteiger partial charge in [0.15, 0.2) is 6.61 Å². The molecule has 3 atom stereocenters. The van der Waals surface area contributed by atoms with Crippen LogP contribution in [0.4, 0.5) is 18.9 Å². The van der Waals surface area contributed by atoms with E-state index in [0.29, 0.717) is 18.3 Å². The van der Waals surface area contributed by atoms with Gasteiger partial charge in [-0.2, -0.15) is 13.2 Å². The van der Waals surface area contributed by atoms with Crippen LogP contribution in [0.3, 0.4) is 0 Å². The molecule has 25 heavy (non-hydrogen) atoms. The van der Waals surface area contributed by atoms with Crippen molar-refractivity contribution in [2.45, 2.75) is 38.3 Å². The fraction of sp³-hybridized carbons (Fsp3) is 0.556. The molecule has 1 aromatic carbocycles. The molecule has 1 amide bonds. The van der Waals surface area contributed by atoms with Gasteiger partial charge in [0.2, 0.25) is 0 Å². The number of amides is 1. The van der Waals surface area contributed by atoms with Crippen molar-refractivity contribution in [2.24, 2.45) is 17.8 Å². The smallest absolute Gasteiger partial charge is 0.416 e. The second-order valence-electron chi connectivity index (χ2n) is 6.92. The summed E-state index contributed by atoms with van der Waals surface area (Å²) in [6.45, 7) is -0.430. The van der Waals surface area contributed by atoms with Gasteiger partial charge >= 0.3 is 12.1 Å². The maximum atomic E-state index is 12.5. The van der Waals surface area contributed by atoms with Crippen LogP contribution in [0, 0.1) is 17.8 Å². The van der Waals surface area contributed by atoms with E-state index in [2.05, 4.69) is 5.32 Å². The predicted molar refractivity (Wildman–Crippen MR) is 84.6 cm³/mol. The van der Waals surface area contributed by atoms with Crippen molar-refractivity contribution in [2.75, 3.05) is 11.9 Å². The fourth-order valence-electron chi connectivity index (χ4n) is 3.99. The van der Waals surface area contributed by atoms with E-state index in [0.717, 1.165) is 36.6 Å². The van der Waals surface area contributed by atoms with E-state index < -0.39 is 24.3 Å². The number of ether oxygens (including phenoxy) is 1. The van der Waals surface area contributed by atoms with Crippen LogP contribution < -0.4 is 5.32 Å². The lowest BCUT2D eigenvalue weighted by Gasteiger charge is -2.20. The van der Waals surface area contributed by atoms with Gasteiger partial charge in [-0.3, -0.25) is 9.59 Å². The van der Waals surface area contributed by atoms with E-state index in [1.165, 1.54) is 19.3 Å². The molecule has 0 saturated heterocycles. The third kappa shape index (κ3) is 4.52. The molecule has 136 valence electrons. The average Bonchev–Trinajstić information content (AvgIpc) is 3.15. The second kappa shape index (κ2) is 7.06. The van der Waals surface area contributed by atoms with E-state index in [1.807, 2.05) is 0 Å². The maximum absolute atomic E-state index is 12.5. The molecule has 0 unspecified atom stereocenters. The molecule has 3 rings (SSSR count). The number of carbonyl (C=O) groups is 2. The normalized spacial score (nSPS) is 25.0. The number of nitrogens with one attached hydrogen (secondary N) is 1. The molecular weight excluding hydrogens is 335 g/mol. The maximum Gasteiger partial charge on any atom is 0.416 e. The largest absolute Gasteiger partial charge is 0.456 e. The Labute approximate surface area is 143 Å². The number of hydrogen-bond donors (Lipinski definition) is 1. The third-order valence-electron chi connectivity index (χ3n) is 5.17. The lowest BCUT2D eigenvalue weighted by Crippen LogP contribution is -2.23. The van der Waals surface area contributed by atoms with E-state index >= 15 is 0 Å². The van der Waals surface area contributed by atoms with Gasteiger partial charge in [0.1, 0.15) is 0 Å². The molecule has 0 aliphatic heterocycles. The monoisotopic (exact) mass is 355 g/mol. The summed E-state index contributed by atoms with van der Waals surface area (Å²) in [7, 11) is 0. The summed E-state index contributed by atoms with van der Waals surface area (Å²) in [6, 6.07) is 4.10. The highest BCUT2D eigenvalue weighted by molar-refractivity contribution is 5.92. The third-order valence-corrected chi connectivity index (χ3v) is 5.17. The molecule has 1 aromatic rings. The summed E-state index contributed by atoms with van der Waals surface area (Å²) in [6.07, 6.45) is 0.624. The summed E-state index contributed by atoms with van der Waals surface area (Å²) >= 11 is 0. The first-order valence-electron chi connectivity index (χ1n) is 8.44. The van der Waals surface area contributed by atoms with Gasteiger partial charge in [-0.25, -0.2) is 0 Å². The molecule has 2 bridgehead atoms. The Hall–Kier alpha value is -2.05. The standard InChI is InChI=1S/C18H20F3NO3/c19-18(20,21)14-3-5-15(6-4-14)22-16(23)10-25-17(24)9-13-8-11-1-2-12(13)7-11/h3-6,11-13H,1-2,7-10H2,(H,22,23)/t11-,12-,13-/m1/s1. The van der Waals surface area contributed by atoms with Crippen LogP contribution in [0.5, 0.6) is 0 Å². The average molecular weight is 355 g/mol. The lowest BCUT2D eigenvalue weighted by molar-refractivity contribution is -0.148. The Morgan fingerprint density at radius 2 is 1.84 bits per heavy atom. The number of carbonyl (C=O) groups excluding carboxylic acids is 2. The van der Waals surface area contributed by atoms with Crippen LogP contribution in [-0.2, 0) is 20.5 Å². The minimum Gasteiger partial charge on any atom is -0.456 e. The van der Waals surface area contributed by atoms with E-state index in [4.69, 9.17) is 4.74 Å². The van der Waals surface area contributed by atoms with Crippen molar-refractivity contribution in [3.63, 3.8) is 0 Å². The lowest BCUT2D eigenvalue weighted by atomic mass is 9.86. The molecule has 2 saturated carbocycles. The van der Waals surface area contributed by atoms with Crippen molar-refractivity contribution >= 4 is 17.6 Å². The zero-order valence-corrected chi connectivity index (χ0v) is 13.6. The highest BCUT2D eigenvalue weighted by Gasteiger charge is 2.40. The number of halogens is 3. The van der Waals surface area contributed by atoms with Gasteiger partial charge in [0.25, 0.3) is 5.91 Å². The molecule has 7 heteroatoms. The van der Waals surface area contributed by atoms with Crippen LogP contribution in [-0.4, -0.2) is 18.5 Å². The number of anilines is 1. The summed E-state index contributed by atoms with van der Waals surface area (Å²) in [4.78, 5) is 23.6. The Bertz CT molecular complexity index is 642. The van der Waals surface area contributed by atoms with Crippen LogP contribution in [0.2, 0.25) is 0 Å². The SMILES string of the molecule is O=C(COC(=O)C[C@H]1C[C@@H]2CC[C@@H]1C2)Nc1ccc(C(F)(F)F)cc1. The quantitative estimate of drug-likeness (QED) is 0.812. The zero-order valence-electron chi connectivity index (χ0n) is 13.6. The predicted octanol–water partition coefficient (Wildman–Crippen LogP) is 4.01. The van der Waals surface area contributed by atoms with Gasteiger partial charge in [-0.05, 0) is 61.3 Å². The van der Waals surface area contributed by atoms with Crippen molar-refractivity contribution in [1.82, 2.24) is 0 Å². The minimum atomic E-state index is -4.42. The van der Waals surface area contributed by atoms with Crippen molar-refractivity contribution in [3.05, 3.63) is 29.8 Å². The summed E-state index contributed by atoms with van der Waals surface area (Å²) in [5.41, 5.74) is -0.565. The van der Waals surface area contributed by atoms with Crippen LogP contribution in [0.1, 0.15) is 37.7 Å². The zero-order chi connectivity index (χ0) is 18.0. The first-order chi connectivity index (χ1) is 11.8. The van der Waals surface area contributed by atoms with Crippen LogP contribution in [0.15, 0.2) is 24.3 Å². The molecule has 2 aliphatic rings. The highest BCUT2D eigenvalue weighted by Crippen LogP contribution is 2.49. The molecular formula is C18H20F3NO3. The number of hydrogen-bond acceptors (Lipinski definition) is 3. The summed E-state index contributed by atoms with van der Waals surface area (Å²) < 4.78 is 42.4. The molecule has 4 nitrogen and oxygen atoms in total. The topological polar surface area (TPSA) is 55.4 Å². The molecule has 0 aromatic heterocycles. The second-order valence-corrected chi connectivity index (χ2v) is 6.92. The number of benzene rings is 1. The van der Waals surface area contributed by atoms with E-state index in [9.17, 15) is 22.8 Å². The van der Waals surface area contributed by atoms with Gasteiger partial charge in [-0.1, -0.05) is 6.42 Å². The van der Waals surface area contributed by atoms with Crippen LogP contribution in [0.25, 0.3) is 0 Å². The fourth-order valence-corrected chi connectivity index (χ4v) is 3.99. The van der Waals surface area contributed by atoms with Gasteiger partial charge in [0, 0.05) is 12.1 Å². The Morgan fingerprint density at radius 1 is 1.12 bits per heavy atom. The summed E-state index contributed by atoms with van der Waals surface area (Å²) in [5, 5.41) is 2.41. The van der Waals surface area contributed by atoms with Gasteiger partial charge in [-0.15, -0.1) is 0 Å². The molecule has 0 radical (unpaired) electrons. The first kappa shape index (κ1) is 17.8. The van der Waals surface area contributed by atoms with Crippen LogP contribution >= 0.6 is 0 Å². The van der Waals surface area contributed by atoms with Gasteiger partial charge < -0.3 is 10.1 Å². The Kier molecular flexibility index (Phi) is 5.01. The highest BCUT2D eigenvalue weighted by atomic mass is 19.4. The number of alkyl halides is 3. The number of fused-ring (bicyclic) bond motifs is 2. The molecule has 0 spiro atoms. The number of esters is 1. The van der Waals surface area contributed by atoms with E-state index in [-0.39, 0.29) is 11.7 Å². The Balaban J connectivity index is 1.41. The Morgan fingerprint density at radius 3 is 2.40 bits per heavy atom. The molecule has 0 heterocycles. The summed E-state index contributed by atoms with van der Waals surface area (Å²) in [5.74, 6) is 0.759. The van der Waals surface area contributed by atoms with E-state index in [1.54, 1.807) is 0 Å². The van der Waals surface area contributed by atoms with Crippen molar-refractivity contribution in [1.29, 1.82) is 0 Å². The van der Waals surface area contributed by atoms with Gasteiger partial charge in [0.05, 0.1) is 5.56 Å². The molecule has 2 aliphatic carbocycles.